The second-order valence-electron chi connectivity index (χ2n) is 5.82. The van der Waals surface area contributed by atoms with Gasteiger partial charge in [0, 0.05) is 6.07 Å². The Bertz CT molecular complexity index is 1030. The van der Waals surface area contributed by atoms with Crippen LogP contribution in [0.5, 0.6) is 17.2 Å². The fourth-order valence-electron chi connectivity index (χ4n) is 2.33. The molecule has 0 aliphatic rings. The van der Waals surface area contributed by atoms with Crippen LogP contribution in [0.4, 0.5) is 5.69 Å². The van der Waals surface area contributed by atoms with E-state index in [9.17, 15) is 18.3 Å². The standard InChI is InChI=1S/C18H20BrN3O6S/c1-27-14-6-4-5-13(9-14)22(29(3,25)26)11-17(23)21-20-10-12-7-15(19)18(24)16(8-12)28-2/h4-10,24H,11H2,1-3H3,(H,21,23)/b20-10-. The van der Waals surface area contributed by atoms with Crippen molar-refractivity contribution in [3.05, 3.63) is 46.4 Å². The number of benzene rings is 2. The Morgan fingerprint density at radius 1 is 1.28 bits per heavy atom. The van der Waals surface area contributed by atoms with E-state index in [-0.39, 0.29) is 17.2 Å². The number of nitrogens with zero attached hydrogens (tertiary/aromatic N) is 2. The van der Waals surface area contributed by atoms with Crippen molar-refractivity contribution in [3.63, 3.8) is 0 Å². The van der Waals surface area contributed by atoms with Crippen molar-refractivity contribution in [1.82, 2.24) is 5.43 Å². The van der Waals surface area contributed by atoms with Crippen LogP contribution in [0, 0.1) is 0 Å². The normalized spacial score (nSPS) is 11.3. The first-order valence-electron chi connectivity index (χ1n) is 8.16. The molecule has 0 atom stereocenters. The minimum atomic E-state index is -3.72. The summed E-state index contributed by atoms with van der Waals surface area (Å²) in [5.41, 5.74) is 3.11. The number of hydrogen-bond acceptors (Lipinski definition) is 7. The van der Waals surface area contributed by atoms with Crippen LogP contribution < -0.4 is 19.2 Å². The third-order valence-electron chi connectivity index (χ3n) is 3.70. The molecule has 0 aliphatic carbocycles. The number of anilines is 1. The highest BCUT2D eigenvalue weighted by atomic mass is 79.9. The molecular formula is C18H20BrN3O6S. The van der Waals surface area contributed by atoms with Gasteiger partial charge in [0.15, 0.2) is 11.5 Å². The number of amides is 1. The Morgan fingerprint density at radius 2 is 2.00 bits per heavy atom. The summed E-state index contributed by atoms with van der Waals surface area (Å²) < 4.78 is 35.7. The number of hydrazone groups is 1. The van der Waals surface area contributed by atoms with Crippen molar-refractivity contribution in [1.29, 1.82) is 0 Å². The van der Waals surface area contributed by atoms with E-state index in [0.29, 0.717) is 15.8 Å². The molecule has 0 radical (unpaired) electrons. The first kappa shape index (κ1) is 22.5. The Morgan fingerprint density at radius 3 is 2.62 bits per heavy atom. The van der Waals surface area contributed by atoms with Gasteiger partial charge in [0.2, 0.25) is 10.0 Å². The molecule has 0 heterocycles. The van der Waals surface area contributed by atoms with E-state index in [1.807, 2.05) is 0 Å². The minimum Gasteiger partial charge on any atom is -0.503 e. The summed E-state index contributed by atoms with van der Waals surface area (Å²) >= 11 is 3.19. The lowest BCUT2D eigenvalue weighted by Gasteiger charge is -2.21. The van der Waals surface area contributed by atoms with Crippen LogP contribution >= 0.6 is 15.9 Å². The van der Waals surface area contributed by atoms with E-state index in [0.717, 1.165) is 10.6 Å². The number of phenols is 1. The molecule has 29 heavy (non-hydrogen) atoms. The van der Waals surface area contributed by atoms with Gasteiger partial charge in [0.1, 0.15) is 12.3 Å². The average molecular weight is 486 g/mol. The van der Waals surface area contributed by atoms with Crippen molar-refractivity contribution in [2.45, 2.75) is 0 Å². The maximum atomic E-state index is 12.2. The molecule has 0 bridgehead atoms. The first-order chi connectivity index (χ1) is 13.7. The van der Waals surface area contributed by atoms with E-state index < -0.39 is 22.5 Å². The largest absolute Gasteiger partial charge is 0.503 e. The SMILES string of the molecule is COc1cccc(N(CC(=O)N/N=C\c2cc(Br)c(O)c(OC)c2)S(C)(=O)=O)c1. The maximum Gasteiger partial charge on any atom is 0.260 e. The van der Waals surface area contributed by atoms with Crippen LogP contribution in [0.1, 0.15) is 5.56 Å². The van der Waals surface area contributed by atoms with Crippen molar-refractivity contribution < 1.29 is 27.8 Å². The van der Waals surface area contributed by atoms with Gasteiger partial charge in [-0.3, -0.25) is 9.10 Å². The molecule has 0 aliphatic heterocycles. The molecular weight excluding hydrogens is 466 g/mol. The van der Waals surface area contributed by atoms with Gasteiger partial charge in [0.05, 0.1) is 36.9 Å². The molecule has 156 valence electrons. The van der Waals surface area contributed by atoms with Crippen LogP contribution in [-0.2, 0) is 14.8 Å². The second-order valence-corrected chi connectivity index (χ2v) is 8.58. The van der Waals surface area contributed by atoms with Crippen LogP contribution in [0.15, 0.2) is 46.0 Å². The van der Waals surface area contributed by atoms with E-state index in [2.05, 4.69) is 26.5 Å². The van der Waals surface area contributed by atoms with Crippen molar-refractivity contribution in [2.24, 2.45) is 5.10 Å². The smallest absolute Gasteiger partial charge is 0.260 e. The topological polar surface area (TPSA) is 118 Å². The molecule has 2 N–H and O–H groups in total. The highest BCUT2D eigenvalue weighted by Gasteiger charge is 2.21. The molecule has 1 amide bonds. The molecule has 2 aromatic rings. The van der Waals surface area contributed by atoms with Crippen molar-refractivity contribution in [3.8, 4) is 17.2 Å². The molecule has 0 saturated carbocycles. The molecule has 0 aromatic heterocycles. The van der Waals surface area contributed by atoms with Crippen molar-refractivity contribution >= 4 is 43.8 Å². The van der Waals surface area contributed by atoms with Crippen LogP contribution in [0.3, 0.4) is 0 Å². The molecule has 2 aromatic carbocycles. The number of sulfonamides is 1. The summed E-state index contributed by atoms with van der Waals surface area (Å²) in [6.07, 6.45) is 2.34. The molecule has 2 rings (SSSR count). The molecule has 9 nitrogen and oxygen atoms in total. The summed E-state index contributed by atoms with van der Waals surface area (Å²) in [6.45, 7) is -0.466. The zero-order valence-electron chi connectivity index (χ0n) is 15.9. The van der Waals surface area contributed by atoms with E-state index in [1.165, 1.54) is 32.6 Å². The number of phenolic OH excluding ortho intramolecular Hbond substituents is 1. The minimum absolute atomic E-state index is 0.0595. The summed E-state index contributed by atoms with van der Waals surface area (Å²) in [7, 11) is -0.854. The van der Waals surface area contributed by atoms with E-state index in [4.69, 9.17) is 9.47 Å². The monoisotopic (exact) mass is 485 g/mol. The predicted molar refractivity (Wildman–Crippen MR) is 113 cm³/mol. The maximum absolute atomic E-state index is 12.2. The average Bonchev–Trinajstić information content (AvgIpc) is 2.67. The quantitative estimate of drug-likeness (QED) is 0.436. The van der Waals surface area contributed by atoms with Crippen molar-refractivity contribution in [2.75, 3.05) is 31.3 Å². The Balaban J connectivity index is 2.13. The van der Waals surface area contributed by atoms with Gasteiger partial charge in [0.25, 0.3) is 5.91 Å². The Hall–Kier alpha value is -2.79. The van der Waals surface area contributed by atoms with E-state index in [1.54, 1.807) is 24.3 Å². The number of carbonyl (C=O) groups excluding carboxylic acids is 1. The van der Waals surface area contributed by atoms with E-state index >= 15 is 0 Å². The van der Waals surface area contributed by atoms with Gasteiger partial charge in [-0.05, 0) is 45.8 Å². The molecule has 11 heteroatoms. The number of methoxy groups -OCH3 is 2. The molecule has 0 fully saturated rings. The fraction of sp³-hybridized carbons (Fsp3) is 0.222. The first-order valence-corrected chi connectivity index (χ1v) is 10.8. The zero-order chi connectivity index (χ0) is 21.6. The predicted octanol–water partition coefficient (Wildman–Crippen LogP) is 2.09. The van der Waals surface area contributed by atoms with Gasteiger partial charge < -0.3 is 14.6 Å². The lowest BCUT2D eigenvalue weighted by molar-refractivity contribution is -0.119. The summed E-state index contributed by atoms with van der Waals surface area (Å²) in [5, 5.41) is 13.6. The number of hydrogen-bond donors (Lipinski definition) is 2. The zero-order valence-corrected chi connectivity index (χ0v) is 18.3. The highest BCUT2D eigenvalue weighted by molar-refractivity contribution is 9.10. The summed E-state index contributed by atoms with van der Waals surface area (Å²) in [6, 6.07) is 9.45. The fourth-order valence-corrected chi connectivity index (χ4v) is 3.64. The number of halogens is 1. The molecule has 0 saturated heterocycles. The number of rotatable bonds is 8. The van der Waals surface area contributed by atoms with Crippen LogP contribution in [-0.4, -0.2) is 52.7 Å². The lowest BCUT2D eigenvalue weighted by atomic mass is 10.2. The molecule has 0 unspecified atom stereocenters. The highest BCUT2D eigenvalue weighted by Crippen LogP contribution is 2.34. The van der Waals surface area contributed by atoms with Crippen LogP contribution in [0.2, 0.25) is 0 Å². The lowest BCUT2D eigenvalue weighted by Crippen LogP contribution is -2.39. The number of ether oxygens (including phenoxy) is 2. The number of aromatic hydroxyl groups is 1. The summed E-state index contributed by atoms with van der Waals surface area (Å²) in [4.78, 5) is 12.2. The van der Waals surface area contributed by atoms with Gasteiger partial charge in [-0.25, -0.2) is 13.8 Å². The van der Waals surface area contributed by atoms with Gasteiger partial charge in [-0.15, -0.1) is 0 Å². The van der Waals surface area contributed by atoms with Gasteiger partial charge in [-0.1, -0.05) is 6.07 Å². The third-order valence-corrected chi connectivity index (χ3v) is 5.45. The summed E-state index contributed by atoms with van der Waals surface area (Å²) in [5.74, 6) is -0.00932. The number of nitrogens with one attached hydrogen (secondary N) is 1. The van der Waals surface area contributed by atoms with Gasteiger partial charge in [-0.2, -0.15) is 5.10 Å². The number of carbonyl (C=O) groups is 1. The molecule has 0 spiro atoms. The second kappa shape index (κ2) is 9.61. The van der Waals surface area contributed by atoms with Crippen LogP contribution in [0.25, 0.3) is 0 Å². The Labute approximate surface area is 177 Å². The third kappa shape index (κ3) is 6.09. The Kier molecular flexibility index (Phi) is 7.46. The van der Waals surface area contributed by atoms with Gasteiger partial charge >= 0.3 is 0 Å².